The van der Waals surface area contributed by atoms with Crippen molar-refractivity contribution >= 4 is 37.6 Å². The van der Waals surface area contributed by atoms with Gasteiger partial charge in [0.25, 0.3) is 0 Å². The van der Waals surface area contributed by atoms with Crippen LogP contribution >= 0.6 is 31.9 Å². The summed E-state index contributed by atoms with van der Waals surface area (Å²) in [7, 11) is 0. The van der Waals surface area contributed by atoms with Crippen molar-refractivity contribution in [1.82, 2.24) is 0 Å². The number of aryl methyl sites for hydroxylation is 1. The highest BCUT2D eigenvalue weighted by molar-refractivity contribution is 9.11. The molecule has 1 aromatic carbocycles. The number of aliphatic hydroxyl groups is 1. The van der Waals surface area contributed by atoms with Gasteiger partial charge >= 0.3 is 0 Å². The van der Waals surface area contributed by atoms with Crippen molar-refractivity contribution in [2.24, 2.45) is 0 Å². The van der Waals surface area contributed by atoms with E-state index in [0.29, 0.717) is 12.8 Å². The van der Waals surface area contributed by atoms with Crippen molar-refractivity contribution in [3.05, 3.63) is 44.0 Å². The number of allylic oxidation sites excluding steroid dienone is 2. The van der Waals surface area contributed by atoms with Gasteiger partial charge in [0.15, 0.2) is 5.78 Å². The first-order chi connectivity index (χ1) is 7.97. The average molecular weight is 360 g/mol. The maximum absolute atomic E-state index is 11.5. The van der Waals surface area contributed by atoms with Crippen molar-refractivity contribution in [2.45, 2.75) is 25.7 Å². The summed E-state index contributed by atoms with van der Waals surface area (Å²) in [4.78, 5) is 11.5. The van der Waals surface area contributed by atoms with E-state index in [1.54, 1.807) is 0 Å². The summed E-state index contributed by atoms with van der Waals surface area (Å²) in [5.74, 6) is 0.195. The maximum atomic E-state index is 11.5. The second kappa shape index (κ2) is 4.94. The van der Waals surface area contributed by atoms with E-state index in [0.717, 1.165) is 20.1 Å². The first-order valence-electron chi connectivity index (χ1n) is 5.35. The van der Waals surface area contributed by atoms with Crippen molar-refractivity contribution < 1.29 is 9.90 Å². The quantitative estimate of drug-likeness (QED) is 0.806. The molecule has 1 aliphatic rings. The lowest BCUT2D eigenvalue weighted by atomic mass is 9.86. The van der Waals surface area contributed by atoms with Crippen LogP contribution in [0.15, 0.2) is 32.9 Å². The number of aliphatic hydroxyl groups excluding tert-OH is 1. The highest BCUT2D eigenvalue weighted by atomic mass is 79.9. The van der Waals surface area contributed by atoms with E-state index in [1.807, 2.05) is 19.1 Å². The molecule has 0 bridgehead atoms. The number of carbonyl (C=O) groups is 1. The third kappa shape index (κ3) is 2.80. The van der Waals surface area contributed by atoms with Crippen LogP contribution in [-0.2, 0) is 4.79 Å². The van der Waals surface area contributed by atoms with Crippen LogP contribution < -0.4 is 0 Å². The Bertz CT molecular complexity index is 483. The third-order valence-corrected chi connectivity index (χ3v) is 4.17. The number of hydrogen-bond donors (Lipinski definition) is 1. The predicted octanol–water partition coefficient (Wildman–Crippen LogP) is 4.41. The highest BCUT2D eigenvalue weighted by Crippen LogP contribution is 2.39. The van der Waals surface area contributed by atoms with Gasteiger partial charge in [0.05, 0.1) is 5.76 Å². The lowest BCUT2D eigenvalue weighted by molar-refractivity contribution is -0.115. The molecule has 2 rings (SSSR count). The normalized spacial score (nSPS) is 20.3. The summed E-state index contributed by atoms with van der Waals surface area (Å²) >= 11 is 7.06. The number of hydrogen-bond acceptors (Lipinski definition) is 2. The molecule has 2 nitrogen and oxygen atoms in total. The standard InChI is InChI=1S/C13H12Br2O2/c1-7-2-11(14)13(12(15)3-7)8-4-9(16)6-10(17)5-8/h2-3,6,8,16H,4-5H2,1H3. The van der Waals surface area contributed by atoms with Crippen LogP contribution in [0.5, 0.6) is 0 Å². The molecule has 0 heterocycles. The van der Waals surface area contributed by atoms with E-state index in [9.17, 15) is 9.90 Å². The molecule has 0 spiro atoms. The Labute approximate surface area is 117 Å². The second-order valence-corrected chi connectivity index (χ2v) is 6.06. The van der Waals surface area contributed by atoms with Crippen LogP contribution in [-0.4, -0.2) is 10.9 Å². The molecule has 0 amide bonds. The molecule has 0 fully saturated rings. The van der Waals surface area contributed by atoms with E-state index in [4.69, 9.17) is 0 Å². The van der Waals surface area contributed by atoms with Crippen molar-refractivity contribution in [2.75, 3.05) is 0 Å². The first-order valence-corrected chi connectivity index (χ1v) is 6.94. The molecule has 0 saturated heterocycles. The van der Waals surface area contributed by atoms with Crippen LogP contribution in [0.3, 0.4) is 0 Å². The van der Waals surface area contributed by atoms with Gasteiger partial charge < -0.3 is 5.11 Å². The molecule has 1 atom stereocenters. The molecule has 0 aliphatic heterocycles. The summed E-state index contributed by atoms with van der Waals surface area (Å²) < 4.78 is 1.97. The zero-order valence-electron chi connectivity index (χ0n) is 9.34. The Hall–Kier alpha value is -0.610. The fourth-order valence-electron chi connectivity index (χ4n) is 2.18. The maximum Gasteiger partial charge on any atom is 0.159 e. The Kier molecular flexibility index (Phi) is 3.73. The van der Waals surface area contributed by atoms with Gasteiger partial charge in [-0.2, -0.15) is 0 Å². The molecule has 90 valence electrons. The topological polar surface area (TPSA) is 37.3 Å². The smallest absolute Gasteiger partial charge is 0.159 e. The summed E-state index contributed by atoms with van der Waals surface area (Å²) in [6.07, 6.45) is 2.29. The van der Waals surface area contributed by atoms with E-state index in [-0.39, 0.29) is 17.5 Å². The molecule has 0 radical (unpaired) electrons. The minimum Gasteiger partial charge on any atom is -0.512 e. The summed E-state index contributed by atoms with van der Waals surface area (Å²) in [6.45, 7) is 2.02. The number of halogens is 2. The van der Waals surface area contributed by atoms with Gasteiger partial charge in [0.2, 0.25) is 0 Å². The van der Waals surface area contributed by atoms with E-state index in [2.05, 4.69) is 31.9 Å². The van der Waals surface area contributed by atoms with Crippen molar-refractivity contribution in [3.8, 4) is 0 Å². The number of benzene rings is 1. The zero-order valence-corrected chi connectivity index (χ0v) is 12.5. The van der Waals surface area contributed by atoms with Gasteiger partial charge in [-0.1, -0.05) is 31.9 Å². The fourth-order valence-corrected chi connectivity index (χ4v) is 4.24. The Morgan fingerprint density at radius 3 is 2.35 bits per heavy atom. The van der Waals surface area contributed by atoms with E-state index >= 15 is 0 Å². The second-order valence-electron chi connectivity index (χ2n) is 4.35. The number of ketones is 1. The first kappa shape index (κ1) is 12.8. The van der Waals surface area contributed by atoms with E-state index < -0.39 is 0 Å². The fraction of sp³-hybridized carbons (Fsp3) is 0.308. The molecule has 0 aromatic heterocycles. The summed E-state index contributed by atoms with van der Waals surface area (Å²) in [6, 6.07) is 4.06. The van der Waals surface area contributed by atoms with Crippen LogP contribution in [0.2, 0.25) is 0 Å². The predicted molar refractivity (Wildman–Crippen MR) is 74.3 cm³/mol. The van der Waals surface area contributed by atoms with Crippen LogP contribution in [0.25, 0.3) is 0 Å². The van der Waals surface area contributed by atoms with Crippen LogP contribution in [0.4, 0.5) is 0 Å². The average Bonchev–Trinajstić information content (AvgIpc) is 2.13. The van der Waals surface area contributed by atoms with Crippen molar-refractivity contribution in [3.63, 3.8) is 0 Å². The molecule has 1 aliphatic carbocycles. The molecule has 0 saturated carbocycles. The van der Waals surface area contributed by atoms with Gasteiger partial charge in [-0.3, -0.25) is 4.79 Å². The van der Waals surface area contributed by atoms with Gasteiger partial charge in [0, 0.05) is 33.8 Å². The molecule has 1 N–H and O–H groups in total. The molecular weight excluding hydrogens is 348 g/mol. The Morgan fingerprint density at radius 2 is 1.82 bits per heavy atom. The van der Waals surface area contributed by atoms with Crippen LogP contribution in [0, 0.1) is 6.92 Å². The highest BCUT2D eigenvalue weighted by Gasteiger charge is 2.25. The Balaban J connectivity index is 2.42. The number of carbonyl (C=O) groups excluding carboxylic acids is 1. The monoisotopic (exact) mass is 358 g/mol. The molecule has 1 unspecified atom stereocenters. The zero-order chi connectivity index (χ0) is 12.6. The Morgan fingerprint density at radius 1 is 1.24 bits per heavy atom. The lowest BCUT2D eigenvalue weighted by Gasteiger charge is -2.22. The van der Waals surface area contributed by atoms with Gasteiger partial charge in [-0.25, -0.2) is 0 Å². The minimum atomic E-state index is -0.0156. The van der Waals surface area contributed by atoms with Crippen molar-refractivity contribution in [1.29, 1.82) is 0 Å². The summed E-state index contributed by atoms with van der Waals surface area (Å²) in [5.41, 5.74) is 2.21. The van der Waals surface area contributed by atoms with Gasteiger partial charge in [-0.05, 0) is 30.2 Å². The third-order valence-electron chi connectivity index (χ3n) is 2.86. The largest absolute Gasteiger partial charge is 0.512 e. The molecule has 17 heavy (non-hydrogen) atoms. The van der Waals surface area contributed by atoms with Gasteiger partial charge in [-0.15, -0.1) is 0 Å². The SMILES string of the molecule is Cc1cc(Br)c(C2CC(=O)C=C(O)C2)c(Br)c1. The summed E-state index contributed by atoms with van der Waals surface area (Å²) in [5, 5.41) is 9.56. The minimum absolute atomic E-state index is 0.0156. The molecule has 4 heteroatoms. The van der Waals surface area contributed by atoms with Crippen LogP contribution in [0.1, 0.15) is 29.9 Å². The lowest BCUT2D eigenvalue weighted by Crippen LogP contribution is -2.13. The molecule has 1 aromatic rings. The number of rotatable bonds is 1. The van der Waals surface area contributed by atoms with E-state index in [1.165, 1.54) is 6.08 Å². The van der Waals surface area contributed by atoms with Gasteiger partial charge in [0.1, 0.15) is 0 Å². The molecular formula is C13H12Br2O2.